The van der Waals surface area contributed by atoms with Crippen LogP contribution in [-0.2, 0) is 10.8 Å². The summed E-state index contributed by atoms with van der Waals surface area (Å²) in [7, 11) is 0. The van der Waals surface area contributed by atoms with E-state index in [4.69, 9.17) is 0 Å². The lowest BCUT2D eigenvalue weighted by Gasteiger charge is -2.28. The molecule has 0 unspecified atom stereocenters. The first-order valence-corrected chi connectivity index (χ1v) is 17.9. The normalized spacial score (nSPS) is 13.0. The molecular weight excluding hydrogens is 605 g/mol. The van der Waals surface area contributed by atoms with E-state index in [-0.39, 0.29) is 10.8 Å². The van der Waals surface area contributed by atoms with Gasteiger partial charge in [-0.15, -0.1) is 0 Å². The molecule has 0 N–H and O–H groups in total. The van der Waals surface area contributed by atoms with Crippen LogP contribution in [0.25, 0.3) is 87.3 Å². The Balaban J connectivity index is 1.53. The number of benzene rings is 8. The molecule has 0 saturated heterocycles. The third-order valence-electron chi connectivity index (χ3n) is 11.1. The molecule has 0 aliphatic rings. The van der Waals surface area contributed by atoms with Crippen LogP contribution in [0, 0.1) is 0 Å². The fourth-order valence-corrected chi connectivity index (χ4v) is 8.96. The van der Waals surface area contributed by atoms with E-state index in [9.17, 15) is 0 Å². The van der Waals surface area contributed by atoms with Crippen LogP contribution in [0.15, 0.2) is 133 Å². The molecule has 2 heteroatoms. The first-order chi connectivity index (χ1) is 24.1. The van der Waals surface area contributed by atoms with Crippen molar-refractivity contribution in [2.45, 2.75) is 52.4 Å². The molecule has 10 rings (SSSR count). The summed E-state index contributed by atoms with van der Waals surface area (Å²) in [5, 5.41) is 13.4. The molecular formula is C48H40N2. The van der Waals surface area contributed by atoms with Crippen LogP contribution in [0.4, 0.5) is 0 Å². The smallest absolute Gasteiger partial charge is 0.0553 e. The average Bonchev–Trinajstić information content (AvgIpc) is 3.62. The highest BCUT2D eigenvalue weighted by atomic mass is 15.0. The number of hydrogen-bond acceptors (Lipinski definition) is 0. The van der Waals surface area contributed by atoms with Gasteiger partial charge in [0.25, 0.3) is 0 Å². The number of nitrogens with zero attached hydrogens (tertiary/aromatic N) is 2. The van der Waals surface area contributed by atoms with Crippen molar-refractivity contribution >= 4 is 75.9 Å². The standard InChI is InChI=1S/C48H40N2/c1-47(2,3)37-25-35-43-31-21-13-15-23-39(31)50(30-19-11-8-12-20-30)42(43)28-34-38(48(4,5)6)26-36-44-32-22-14-16-24-40(32)49(29-17-9-7-10-18-29)41(44)27-33(37)45(36)46(34)35/h7-28H,1-6H3. The summed E-state index contributed by atoms with van der Waals surface area (Å²) in [6.07, 6.45) is 0. The minimum atomic E-state index is -0.0864. The van der Waals surface area contributed by atoms with Crippen molar-refractivity contribution in [3.8, 4) is 11.4 Å². The molecule has 2 heterocycles. The summed E-state index contributed by atoms with van der Waals surface area (Å²) in [6.45, 7) is 14.3. The minimum Gasteiger partial charge on any atom is -0.309 e. The highest BCUT2D eigenvalue weighted by Gasteiger charge is 2.29. The molecule has 8 aromatic carbocycles. The van der Waals surface area contributed by atoms with Gasteiger partial charge in [0, 0.05) is 32.9 Å². The van der Waals surface area contributed by atoms with Crippen molar-refractivity contribution in [3.05, 3.63) is 145 Å². The molecule has 0 saturated carbocycles. The van der Waals surface area contributed by atoms with E-state index < -0.39 is 0 Å². The Morgan fingerprint density at radius 3 is 1.06 bits per heavy atom. The van der Waals surface area contributed by atoms with E-state index in [1.165, 1.54) is 98.4 Å². The molecule has 0 atom stereocenters. The Morgan fingerprint density at radius 1 is 0.320 bits per heavy atom. The molecule has 50 heavy (non-hydrogen) atoms. The van der Waals surface area contributed by atoms with Crippen LogP contribution in [0.1, 0.15) is 52.7 Å². The van der Waals surface area contributed by atoms with Crippen LogP contribution in [0.3, 0.4) is 0 Å². The summed E-state index contributed by atoms with van der Waals surface area (Å²) < 4.78 is 4.96. The first-order valence-electron chi connectivity index (χ1n) is 17.9. The third kappa shape index (κ3) is 3.91. The monoisotopic (exact) mass is 644 g/mol. The van der Waals surface area contributed by atoms with Gasteiger partial charge in [0.05, 0.1) is 22.1 Å². The van der Waals surface area contributed by atoms with Crippen molar-refractivity contribution in [1.82, 2.24) is 9.13 Å². The zero-order valence-corrected chi connectivity index (χ0v) is 29.6. The predicted molar refractivity (Wildman–Crippen MR) is 216 cm³/mol. The van der Waals surface area contributed by atoms with Crippen molar-refractivity contribution in [2.75, 3.05) is 0 Å². The summed E-state index contributed by atoms with van der Waals surface area (Å²) in [5.74, 6) is 0. The Morgan fingerprint density at radius 2 is 0.680 bits per heavy atom. The van der Waals surface area contributed by atoms with E-state index >= 15 is 0 Å². The van der Waals surface area contributed by atoms with Gasteiger partial charge in [-0.05, 0) is 115 Å². The summed E-state index contributed by atoms with van der Waals surface area (Å²) in [4.78, 5) is 0. The Kier molecular flexibility index (Phi) is 5.86. The van der Waals surface area contributed by atoms with Gasteiger partial charge >= 0.3 is 0 Å². The van der Waals surface area contributed by atoms with E-state index in [1.54, 1.807) is 0 Å². The van der Waals surface area contributed by atoms with Crippen LogP contribution in [0.2, 0.25) is 0 Å². The highest BCUT2D eigenvalue weighted by Crippen LogP contribution is 2.51. The third-order valence-corrected chi connectivity index (χ3v) is 11.1. The molecule has 0 amide bonds. The Hall–Kier alpha value is -5.60. The summed E-state index contributed by atoms with van der Waals surface area (Å²) in [5.41, 5.74) is 9.99. The second kappa shape index (κ2) is 9.98. The molecule has 0 spiro atoms. The van der Waals surface area contributed by atoms with Crippen molar-refractivity contribution in [2.24, 2.45) is 0 Å². The van der Waals surface area contributed by atoms with Gasteiger partial charge in [0.15, 0.2) is 0 Å². The average molecular weight is 645 g/mol. The van der Waals surface area contributed by atoms with Crippen LogP contribution in [0.5, 0.6) is 0 Å². The number of para-hydroxylation sites is 4. The van der Waals surface area contributed by atoms with Gasteiger partial charge in [-0.25, -0.2) is 0 Å². The second-order valence-corrected chi connectivity index (χ2v) is 16.2. The molecule has 242 valence electrons. The minimum absolute atomic E-state index is 0.0864. The zero-order valence-electron chi connectivity index (χ0n) is 29.6. The molecule has 0 aliphatic carbocycles. The molecule has 2 nitrogen and oxygen atoms in total. The molecule has 0 radical (unpaired) electrons. The molecule has 0 bridgehead atoms. The maximum atomic E-state index is 2.56. The summed E-state index contributed by atoms with van der Waals surface area (Å²) in [6, 6.07) is 49.9. The highest BCUT2D eigenvalue weighted by molar-refractivity contribution is 6.38. The van der Waals surface area contributed by atoms with E-state index in [1.807, 2.05) is 0 Å². The fraction of sp³-hybridized carbons (Fsp3) is 0.167. The van der Waals surface area contributed by atoms with Crippen LogP contribution in [-0.4, -0.2) is 9.13 Å². The van der Waals surface area contributed by atoms with Gasteiger partial charge in [0.1, 0.15) is 0 Å². The van der Waals surface area contributed by atoms with Crippen molar-refractivity contribution < 1.29 is 0 Å². The molecule has 0 fully saturated rings. The fourth-order valence-electron chi connectivity index (χ4n) is 8.96. The number of rotatable bonds is 2. The topological polar surface area (TPSA) is 9.86 Å². The van der Waals surface area contributed by atoms with E-state index in [0.29, 0.717) is 0 Å². The predicted octanol–water partition coefficient (Wildman–Crippen LogP) is 13.4. The van der Waals surface area contributed by atoms with Gasteiger partial charge < -0.3 is 9.13 Å². The van der Waals surface area contributed by atoms with Gasteiger partial charge in [-0.1, -0.05) is 114 Å². The maximum absolute atomic E-state index is 2.56. The van der Waals surface area contributed by atoms with E-state index in [2.05, 4.69) is 184 Å². The number of aromatic nitrogens is 2. The van der Waals surface area contributed by atoms with Crippen LogP contribution >= 0.6 is 0 Å². The SMILES string of the molecule is CC(C)(C)c1cc2c3c(cc4c2c2ccccc2n4-c2ccccc2)c(C(C)(C)C)cc2c3c1cc1c2c2ccccc2n1-c1ccccc1. The lowest BCUT2D eigenvalue weighted by molar-refractivity contribution is 0.595. The zero-order chi connectivity index (χ0) is 34.1. The molecule has 2 aromatic heterocycles. The number of fused-ring (bicyclic) bond motifs is 8. The Bertz CT molecular complexity index is 2750. The summed E-state index contributed by atoms with van der Waals surface area (Å²) >= 11 is 0. The maximum Gasteiger partial charge on any atom is 0.0553 e. The second-order valence-electron chi connectivity index (χ2n) is 16.2. The van der Waals surface area contributed by atoms with Gasteiger partial charge in [0.2, 0.25) is 0 Å². The first kappa shape index (κ1) is 29.3. The molecule has 10 aromatic rings. The number of hydrogen-bond donors (Lipinski definition) is 0. The van der Waals surface area contributed by atoms with Gasteiger partial charge in [-0.3, -0.25) is 0 Å². The lowest BCUT2D eigenvalue weighted by atomic mass is 9.76. The van der Waals surface area contributed by atoms with E-state index in [0.717, 1.165) is 0 Å². The van der Waals surface area contributed by atoms with Gasteiger partial charge in [-0.2, -0.15) is 0 Å². The van der Waals surface area contributed by atoms with Crippen molar-refractivity contribution in [3.63, 3.8) is 0 Å². The van der Waals surface area contributed by atoms with Crippen LogP contribution < -0.4 is 0 Å². The molecule has 0 aliphatic heterocycles. The Labute approximate surface area is 292 Å². The lowest BCUT2D eigenvalue weighted by Crippen LogP contribution is -2.14. The quantitative estimate of drug-likeness (QED) is 0.166. The van der Waals surface area contributed by atoms with Crippen molar-refractivity contribution in [1.29, 1.82) is 0 Å². The largest absolute Gasteiger partial charge is 0.309 e.